The Balaban J connectivity index is 1.90. The second-order valence-corrected chi connectivity index (χ2v) is 4.78. The van der Waals surface area contributed by atoms with Crippen molar-refractivity contribution in [3.8, 4) is 0 Å². The summed E-state index contributed by atoms with van der Waals surface area (Å²) in [6.45, 7) is 2.80. The Hall–Kier alpha value is -2.04. The Morgan fingerprint density at radius 1 is 1.26 bits per heavy atom. The van der Waals surface area contributed by atoms with Crippen molar-refractivity contribution < 1.29 is 9.59 Å². The van der Waals surface area contributed by atoms with E-state index in [9.17, 15) is 9.59 Å². The second-order valence-electron chi connectivity index (χ2n) is 4.78. The van der Waals surface area contributed by atoms with Gasteiger partial charge in [0, 0.05) is 31.7 Å². The highest BCUT2D eigenvalue weighted by atomic mass is 16.2. The van der Waals surface area contributed by atoms with Gasteiger partial charge in [-0.25, -0.2) is 4.79 Å². The molecule has 2 rings (SSSR count). The maximum absolute atomic E-state index is 12.1. The van der Waals surface area contributed by atoms with E-state index in [2.05, 4.69) is 10.6 Å². The van der Waals surface area contributed by atoms with E-state index in [1.165, 1.54) is 6.92 Å². The van der Waals surface area contributed by atoms with Gasteiger partial charge in [-0.2, -0.15) is 0 Å². The van der Waals surface area contributed by atoms with Crippen LogP contribution >= 0.6 is 0 Å². The van der Waals surface area contributed by atoms with Crippen molar-refractivity contribution in [3.63, 3.8) is 0 Å². The van der Waals surface area contributed by atoms with Crippen LogP contribution < -0.4 is 10.6 Å². The van der Waals surface area contributed by atoms with Crippen molar-refractivity contribution in [3.05, 3.63) is 30.3 Å². The maximum atomic E-state index is 12.1. The molecule has 0 spiro atoms. The van der Waals surface area contributed by atoms with Gasteiger partial charge in [0.15, 0.2) is 0 Å². The number of urea groups is 1. The van der Waals surface area contributed by atoms with Crippen molar-refractivity contribution in [1.82, 2.24) is 10.2 Å². The summed E-state index contributed by atoms with van der Waals surface area (Å²) >= 11 is 0. The number of likely N-dealkylation sites (tertiary alicyclic amines) is 1. The molecule has 0 aliphatic carbocycles. The van der Waals surface area contributed by atoms with Crippen LogP contribution in [0.25, 0.3) is 0 Å². The highest BCUT2D eigenvalue weighted by Gasteiger charge is 2.23. The number of carbonyl (C=O) groups is 2. The van der Waals surface area contributed by atoms with E-state index >= 15 is 0 Å². The first-order valence-corrected chi connectivity index (χ1v) is 6.53. The fourth-order valence-electron chi connectivity index (χ4n) is 2.29. The lowest BCUT2D eigenvalue weighted by atomic mass is 10.1. The lowest BCUT2D eigenvalue weighted by Crippen LogP contribution is -2.50. The normalized spacial score (nSPS) is 18.8. The molecule has 5 nitrogen and oxygen atoms in total. The number of nitrogens with zero attached hydrogens (tertiary/aromatic N) is 1. The molecule has 1 fully saturated rings. The number of rotatable bonds is 2. The predicted molar refractivity (Wildman–Crippen MR) is 73.9 cm³/mol. The predicted octanol–water partition coefficient (Wildman–Crippen LogP) is 1.82. The third-order valence-electron chi connectivity index (χ3n) is 3.14. The van der Waals surface area contributed by atoms with Crippen LogP contribution in [0.5, 0.6) is 0 Å². The van der Waals surface area contributed by atoms with Gasteiger partial charge in [0.1, 0.15) is 0 Å². The summed E-state index contributed by atoms with van der Waals surface area (Å²) in [6, 6.07) is 9.33. The van der Waals surface area contributed by atoms with E-state index in [-0.39, 0.29) is 18.0 Å². The molecule has 1 heterocycles. The molecule has 0 bridgehead atoms. The fraction of sp³-hybridized carbons (Fsp3) is 0.429. The largest absolute Gasteiger partial charge is 0.352 e. The lowest BCUT2D eigenvalue weighted by molar-refractivity contribution is -0.119. The lowest BCUT2D eigenvalue weighted by Gasteiger charge is -2.33. The first-order chi connectivity index (χ1) is 9.15. The van der Waals surface area contributed by atoms with E-state index in [0.717, 1.165) is 25.1 Å². The third kappa shape index (κ3) is 3.98. The molecular formula is C14H19N3O2. The van der Waals surface area contributed by atoms with Crippen molar-refractivity contribution in [2.24, 2.45) is 0 Å². The first kappa shape index (κ1) is 13.4. The zero-order valence-electron chi connectivity index (χ0n) is 11.1. The summed E-state index contributed by atoms with van der Waals surface area (Å²) in [5.74, 6) is -0.0460. The molecule has 2 N–H and O–H groups in total. The zero-order valence-corrected chi connectivity index (χ0v) is 11.1. The van der Waals surface area contributed by atoms with Gasteiger partial charge in [-0.1, -0.05) is 18.2 Å². The Morgan fingerprint density at radius 3 is 2.68 bits per heavy atom. The smallest absolute Gasteiger partial charge is 0.321 e. The average Bonchev–Trinajstić information content (AvgIpc) is 2.39. The van der Waals surface area contributed by atoms with Crippen molar-refractivity contribution in [1.29, 1.82) is 0 Å². The number of carbonyl (C=O) groups excluding carboxylic acids is 2. The summed E-state index contributed by atoms with van der Waals surface area (Å²) in [5, 5.41) is 5.73. The van der Waals surface area contributed by atoms with Crippen LogP contribution in [0, 0.1) is 0 Å². The SMILES string of the molecule is CC(=O)NC1CCCN(C(=O)Nc2ccccc2)C1. The van der Waals surface area contributed by atoms with Crippen molar-refractivity contribution >= 4 is 17.6 Å². The van der Waals surface area contributed by atoms with Gasteiger partial charge in [-0.05, 0) is 25.0 Å². The summed E-state index contributed by atoms with van der Waals surface area (Å²) in [4.78, 5) is 24.9. The van der Waals surface area contributed by atoms with Gasteiger partial charge in [0.25, 0.3) is 0 Å². The maximum Gasteiger partial charge on any atom is 0.321 e. The number of para-hydroxylation sites is 1. The van der Waals surface area contributed by atoms with Crippen LogP contribution in [0.3, 0.4) is 0 Å². The number of benzene rings is 1. The van der Waals surface area contributed by atoms with E-state index in [0.29, 0.717) is 6.54 Å². The van der Waals surface area contributed by atoms with Crippen LogP contribution in [-0.4, -0.2) is 36.0 Å². The molecule has 1 saturated heterocycles. The molecule has 19 heavy (non-hydrogen) atoms. The zero-order chi connectivity index (χ0) is 13.7. The molecule has 1 aliphatic rings. The standard InChI is InChI=1S/C14H19N3O2/c1-11(18)15-13-8-5-9-17(10-13)14(19)16-12-6-3-2-4-7-12/h2-4,6-7,13H,5,8-10H2,1H3,(H,15,18)(H,16,19). The number of hydrogen-bond acceptors (Lipinski definition) is 2. The fourth-order valence-corrected chi connectivity index (χ4v) is 2.29. The first-order valence-electron chi connectivity index (χ1n) is 6.53. The molecule has 0 aromatic heterocycles. The molecule has 3 amide bonds. The van der Waals surface area contributed by atoms with Crippen LogP contribution in [0.4, 0.5) is 10.5 Å². The van der Waals surface area contributed by atoms with Gasteiger partial charge in [-0.15, -0.1) is 0 Å². The Labute approximate surface area is 113 Å². The van der Waals surface area contributed by atoms with Gasteiger partial charge in [0.05, 0.1) is 0 Å². The third-order valence-corrected chi connectivity index (χ3v) is 3.14. The van der Waals surface area contributed by atoms with Gasteiger partial charge in [-0.3, -0.25) is 4.79 Å². The van der Waals surface area contributed by atoms with Gasteiger partial charge >= 0.3 is 6.03 Å². The molecule has 1 aliphatic heterocycles. The van der Waals surface area contributed by atoms with Gasteiger partial charge in [0.2, 0.25) is 5.91 Å². The highest BCUT2D eigenvalue weighted by molar-refractivity contribution is 5.89. The number of hydrogen-bond donors (Lipinski definition) is 2. The Kier molecular flexibility index (Phi) is 4.39. The van der Waals surface area contributed by atoms with E-state index in [1.807, 2.05) is 30.3 Å². The number of amides is 3. The second kappa shape index (κ2) is 6.22. The topological polar surface area (TPSA) is 61.4 Å². The number of nitrogens with one attached hydrogen (secondary N) is 2. The van der Waals surface area contributed by atoms with Crippen LogP contribution in [0.2, 0.25) is 0 Å². The molecule has 5 heteroatoms. The van der Waals surface area contributed by atoms with E-state index in [1.54, 1.807) is 4.90 Å². The molecule has 1 aromatic rings. The molecular weight excluding hydrogens is 242 g/mol. The summed E-state index contributed by atoms with van der Waals surface area (Å²) in [7, 11) is 0. The van der Waals surface area contributed by atoms with Crippen LogP contribution in [0.1, 0.15) is 19.8 Å². The number of piperidine rings is 1. The van der Waals surface area contributed by atoms with Crippen LogP contribution in [0.15, 0.2) is 30.3 Å². The number of anilines is 1. The van der Waals surface area contributed by atoms with E-state index < -0.39 is 0 Å². The quantitative estimate of drug-likeness (QED) is 0.853. The molecule has 0 saturated carbocycles. The van der Waals surface area contributed by atoms with Crippen molar-refractivity contribution in [2.75, 3.05) is 18.4 Å². The van der Waals surface area contributed by atoms with Gasteiger partial charge < -0.3 is 15.5 Å². The summed E-state index contributed by atoms with van der Waals surface area (Å²) in [6.07, 6.45) is 1.84. The molecule has 1 unspecified atom stereocenters. The minimum atomic E-state index is -0.110. The minimum absolute atomic E-state index is 0.0460. The Morgan fingerprint density at radius 2 is 2.00 bits per heavy atom. The monoisotopic (exact) mass is 261 g/mol. The molecule has 102 valence electrons. The summed E-state index contributed by atoms with van der Waals surface area (Å²) < 4.78 is 0. The highest BCUT2D eigenvalue weighted by Crippen LogP contribution is 2.13. The van der Waals surface area contributed by atoms with E-state index in [4.69, 9.17) is 0 Å². The average molecular weight is 261 g/mol. The van der Waals surface area contributed by atoms with Crippen molar-refractivity contribution in [2.45, 2.75) is 25.8 Å². The van der Waals surface area contributed by atoms with Crippen LogP contribution in [-0.2, 0) is 4.79 Å². The molecule has 1 aromatic carbocycles. The summed E-state index contributed by atoms with van der Waals surface area (Å²) in [5.41, 5.74) is 0.786. The Bertz CT molecular complexity index is 447. The minimum Gasteiger partial charge on any atom is -0.352 e. The molecule has 1 atom stereocenters. The molecule has 0 radical (unpaired) electrons.